The van der Waals surface area contributed by atoms with Crippen LogP contribution in [0.2, 0.25) is 0 Å². The Labute approximate surface area is 142 Å². The van der Waals surface area contributed by atoms with E-state index in [4.69, 9.17) is 4.42 Å². The Morgan fingerprint density at radius 1 is 1.12 bits per heavy atom. The summed E-state index contributed by atoms with van der Waals surface area (Å²) in [5.41, 5.74) is 0.920. The third kappa shape index (κ3) is 4.08. The van der Waals surface area contributed by atoms with E-state index < -0.39 is 0 Å². The summed E-state index contributed by atoms with van der Waals surface area (Å²) in [5.74, 6) is -0.294. The highest BCUT2D eigenvalue weighted by atomic mass is 32.1. The molecule has 1 aromatic carbocycles. The van der Waals surface area contributed by atoms with Crippen molar-refractivity contribution in [1.82, 2.24) is 15.6 Å². The molecule has 0 saturated carbocycles. The molecule has 6 nitrogen and oxygen atoms in total. The number of aromatic nitrogens is 1. The van der Waals surface area contributed by atoms with Crippen molar-refractivity contribution in [1.29, 1.82) is 0 Å². The topological polar surface area (TPSA) is 84.2 Å². The molecule has 2 N–H and O–H groups in total. The molecule has 0 fully saturated rings. The van der Waals surface area contributed by atoms with Crippen molar-refractivity contribution >= 4 is 39.4 Å². The molecule has 3 aromatic rings. The standard InChI is InChI=1S/C17H15N3O3S/c21-15(18-9-10-19-17(22)13-5-3-11-23-13)7-8-16-20-12-4-1-2-6-14(12)24-16/h1-8,11H,9-10H2,(H,18,21)(H,19,22)/b8-7+. The van der Waals surface area contributed by atoms with Gasteiger partial charge in [-0.1, -0.05) is 12.1 Å². The zero-order valence-electron chi connectivity index (χ0n) is 12.7. The van der Waals surface area contributed by atoms with Crippen molar-refractivity contribution in [3.05, 3.63) is 59.5 Å². The van der Waals surface area contributed by atoms with Gasteiger partial charge in [0, 0.05) is 19.2 Å². The summed E-state index contributed by atoms with van der Waals surface area (Å²) in [6, 6.07) is 11.0. The summed E-state index contributed by atoms with van der Waals surface area (Å²) in [7, 11) is 0. The molecule has 2 aromatic heterocycles. The number of furan rings is 1. The number of hydrogen-bond donors (Lipinski definition) is 2. The van der Waals surface area contributed by atoms with Crippen LogP contribution in [0, 0.1) is 0 Å². The summed E-state index contributed by atoms with van der Waals surface area (Å²) in [5, 5.41) is 6.12. The van der Waals surface area contributed by atoms with Crippen molar-refractivity contribution in [3.8, 4) is 0 Å². The Balaban J connectivity index is 1.43. The first-order valence-corrected chi connectivity index (χ1v) is 8.17. The first-order chi connectivity index (χ1) is 11.7. The average Bonchev–Trinajstić information content (AvgIpc) is 3.25. The Kier molecular flexibility index (Phi) is 5.02. The first kappa shape index (κ1) is 15.9. The molecule has 3 rings (SSSR count). The molecule has 122 valence electrons. The monoisotopic (exact) mass is 341 g/mol. The Bertz CT molecular complexity index is 835. The molecule has 24 heavy (non-hydrogen) atoms. The van der Waals surface area contributed by atoms with Crippen molar-refractivity contribution < 1.29 is 14.0 Å². The van der Waals surface area contributed by atoms with Crippen LogP contribution in [0.3, 0.4) is 0 Å². The molecular weight excluding hydrogens is 326 g/mol. The molecule has 0 atom stereocenters. The van der Waals surface area contributed by atoms with Gasteiger partial charge in [-0.25, -0.2) is 4.98 Å². The fourth-order valence-electron chi connectivity index (χ4n) is 2.02. The molecule has 0 radical (unpaired) electrons. The van der Waals surface area contributed by atoms with E-state index in [1.165, 1.54) is 23.7 Å². The molecule has 0 aliphatic heterocycles. The number of nitrogens with one attached hydrogen (secondary N) is 2. The van der Waals surface area contributed by atoms with Crippen LogP contribution in [-0.2, 0) is 4.79 Å². The second-order valence-electron chi connectivity index (χ2n) is 4.88. The Hall–Kier alpha value is -2.93. The average molecular weight is 341 g/mol. The number of fused-ring (bicyclic) bond motifs is 1. The minimum absolute atomic E-state index is 0.235. The van der Waals surface area contributed by atoms with E-state index in [1.807, 2.05) is 24.3 Å². The van der Waals surface area contributed by atoms with E-state index in [0.717, 1.165) is 15.2 Å². The second-order valence-corrected chi connectivity index (χ2v) is 5.94. The molecule has 0 spiro atoms. The van der Waals surface area contributed by atoms with Gasteiger partial charge in [-0.2, -0.15) is 0 Å². The zero-order valence-corrected chi connectivity index (χ0v) is 13.5. The van der Waals surface area contributed by atoms with Crippen LogP contribution >= 0.6 is 11.3 Å². The van der Waals surface area contributed by atoms with Gasteiger partial charge in [-0.3, -0.25) is 9.59 Å². The van der Waals surface area contributed by atoms with E-state index >= 15 is 0 Å². The van der Waals surface area contributed by atoms with Gasteiger partial charge in [0.15, 0.2) is 5.76 Å². The summed E-state index contributed by atoms with van der Waals surface area (Å²) < 4.78 is 6.05. The number of nitrogens with zero attached hydrogens (tertiary/aromatic N) is 1. The third-order valence-corrected chi connectivity index (χ3v) is 4.14. The molecule has 0 saturated heterocycles. The third-order valence-electron chi connectivity index (χ3n) is 3.14. The Morgan fingerprint density at radius 3 is 2.75 bits per heavy atom. The van der Waals surface area contributed by atoms with E-state index in [-0.39, 0.29) is 17.6 Å². The number of amides is 2. The van der Waals surface area contributed by atoms with E-state index in [9.17, 15) is 9.59 Å². The number of rotatable bonds is 6. The van der Waals surface area contributed by atoms with Gasteiger partial charge in [0.25, 0.3) is 5.91 Å². The molecule has 2 amide bonds. The van der Waals surface area contributed by atoms with Crippen LogP contribution < -0.4 is 10.6 Å². The van der Waals surface area contributed by atoms with Crippen molar-refractivity contribution in [3.63, 3.8) is 0 Å². The molecule has 2 heterocycles. The fourth-order valence-corrected chi connectivity index (χ4v) is 2.89. The van der Waals surface area contributed by atoms with Crippen LogP contribution in [0.4, 0.5) is 0 Å². The molecule has 0 bridgehead atoms. The lowest BCUT2D eigenvalue weighted by Crippen LogP contribution is -2.33. The van der Waals surface area contributed by atoms with Gasteiger partial charge >= 0.3 is 0 Å². The predicted octanol–water partition coefficient (Wildman–Crippen LogP) is 2.45. The molecule has 7 heteroatoms. The van der Waals surface area contributed by atoms with E-state index in [2.05, 4.69) is 15.6 Å². The summed E-state index contributed by atoms with van der Waals surface area (Å²) in [6.07, 6.45) is 4.55. The van der Waals surface area contributed by atoms with Gasteiger partial charge < -0.3 is 15.1 Å². The molecule has 0 aliphatic carbocycles. The quantitative estimate of drug-likeness (QED) is 0.533. The van der Waals surface area contributed by atoms with Crippen molar-refractivity contribution in [2.24, 2.45) is 0 Å². The van der Waals surface area contributed by atoms with Crippen LogP contribution in [0.5, 0.6) is 0 Å². The lowest BCUT2D eigenvalue weighted by atomic mass is 10.3. The van der Waals surface area contributed by atoms with Crippen LogP contribution in [0.25, 0.3) is 16.3 Å². The van der Waals surface area contributed by atoms with Crippen LogP contribution in [0.1, 0.15) is 15.6 Å². The number of carbonyl (C=O) groups is 2. The van der Waals surface area contributed by atoms with Gasteiger partial charge in [0.2, 0.25) is 5.91 Å². The normalized spacial score (nSPS) is 11.0. The van der Waals surface area contributed by atoms with Gasteiger partial charge in [-0.15, -0.1) is 11.3 Å². The molecular formula is C17H15N3O3S. The lowest BCUT2D eigenvalue weighted by molar-refractivity contribution is -0.116. The number of thiazole rings is 1. The molecule has 0 unspecified atom stereocenters. The fraction of sp³-hybridized carbons (Fsp3) is 0.118. The maximum Gasteiger partial charge on any atom is 0.287 e. The van der Waals surface area contributed by atoms with Crippen molar-refractivity contribution in [2.75, 3.05) is 13.1 Å². The summed E-state index contributed by atoms with van der Waals surface area (Å²) in [6.45, 7) is 0.649. The van der Waals surface area contributed by atoms with Crippen LogP contribution in [0.15, 0.2) is 53.2 Å². The van der Waals surface area contributed by atoms with Gasteiger partial charge in [0.1, 0.15) is 5.01 Å². The minimum Gasteiger partial charge on any atom is -0.459 e. The number of carbonyl (C=O) groups excluding carboxylic acids is 2. The van der Waals surface area contributed by atoms with Gasteiger partial charge in [0.05, 0.1) is 16.5 Å². The Morgan fingerprint density at radius 2 is 1.96 bits per heavy atom. The number of para-hydroxylation sites is 1. The molecule has 0 aliphatic rings. The highest BCUT2D eigenvalue weighted by Crippen LogP contribution is 2.22. The zero-order chi connectivity index (χ0) is 16.8. The number of hydrogen-bond acceptors (Lipinski definition) is 5. The minimum atomic E-state index is -0.306. The van der Waals surface area contributed by atoms with E-state index in [1.54, 1.807) is 18.2 Å². The maximum absolute atomic E-state index is 11.8. The smallest absolute Gasteiger partial charge is 0.287 e. The highest BCUT2D eigenvalue weighted by molar-refractivity contribution is 7.19. The maximum atomic E-state index is 11.8. The number of benzene rings is 1. The predicted molar refractivity (Wildman–Crippen MR) is 92.7 cm³/mol. The largest absolute Gasteiger partial charge is 0.459 e. The lowest BCUT2D eigenvalue weighted by Gasteiger charge is -2.03. The van der Waals surface area contributed by atoms with Crippen LogP contribution in [-0.4, -0.2) is 29.9 Å². The summed E-state index contributed by atoms with van der Waals surface area (Å²) in [4.78, 5) is 27.8. The van der Waals surface area contributed by atoms with Gasteiger partial charge in [-0.05, 0) is 30.3 Å². The summed E-state index contributed by atoms with van der Waals surface area (Å²) >= 11 is 1.52. The first-order valence-electron chi connectivity index (χ1n) is 7.35. The highest BCUT2D eigenvalue weighted by Gasteiger charge is 2.06. The van der Waals surface area contributed by atoms with E-state index in [0.29, 0.717) is 13.1 Å². The van der Waals surface area contributed by atoms with Crippen molar-refractivity contribution in [2.45, 2.75) is 0 Å². The second kappa shape index (κ2) is 7.56. The SMILES string of the molecule is O=C(/C=C/c1nc2ccccc2s1)NCCNC(=O)c1ccco1.